The first kappa shape index (κ1) is 21.9. The van der Waals surface area contributed by atoms with Crippen LogP contribution in [0, 0.1) is 0 Å². The Labute approximate surface area is 188 Å². The zero-order valence-corrected chi connectivity index (χ0v) is 18.5. The van der Waals surface area contributed by atoms with Crippen molar-refractivity contribution in [3.63, 3.8) is 0 Å². The molecule has 1 aromatic heterocycles. The molecule has 9 heteroatoms. The minimum absolute atomic E-state index is 0.115. The maximum Gasteiger partial charge on any atom is 0.327 e. The van der Waals surface area contributed by atoms with Crippen LogP contribution in [0.1, 0.15) is 19.8 Å². The molecule has 3 rings (SSSR count). The van der Waals surface area contributed by atoms with E-state index in [1.807, 2.05) is 6.92 Å². The van der Waals surface area contributed by atoms with Crippen LogP contribution in [0.5, 0.6) is 0 Å². The highest BCUT2D eigenvalue weighted by atomic mass is 35.5. The molecule has 29 heavy (non-hydrogen) atoms. The number of carbonyl (C=O) groups is 1. The van der Waals surface area contributed by atoms with E-state index in [9.17, 15) is 4.79 Å². The van der Waals surface area contributed by atoms with Crippen molar-refractivity contribution in [1.29, 1.82) is 0 Å². The van der Waals surface area contributed by atoms with E-state index in [-0.39, 0.29) is 6.54 Å². The number of ether oxygens (including phenoxy) is 1. The summed E-state index contributed by atoms with van der Waals surface area (Å²) >= 11 is 24.9. The minimum Gasteiger partial charge on any atom is -0.464 e. The molecule has 0 fully saturated rings. The van der Waals surface area contributed by atoms with Crippen molar-refractivity contribution in [2.45, 2.75) is 26.3 Å². The zero-order chi connectivity index (χ0) is 21.0. The predicted octanol–water partition coefficient (Wildman–Crippen LogP) is 6.57. The third-order valence-corrected chi connectivity index (χ3v) is 5.24. The van der Waals surface area contributed by atoms with Gasteiger partial charge in [0.1, 0.15) is 12.2 Å². The van der Waals surface area contributed by atoms with E-state index in [0.29, 0.717) is 49.2 Å². The summed E-state index contributed by atoms with van der Waals surface area (Å²) in [7, 11) is 0. The van der Waals surface area contributed by atoms with Gasteiger partial charge in [-0.15, -0.1) is 5.10 Å². The third-order valence-electron chi connectivity index (χ3n) is 4.15. The topological polar surface area (TPSA) is 57.0 Å². The summed E-state index contributed by atoms with van der Waals surface area (Å²) in [6.45, 7) is 2.27. The highest BCUT2D eigenvalue weighted by Crippen LogP contribution is 2.39. The van der Waals surface area contributed by atoms with E-state index in [0.717, 1.165) is 12.8 Å². The van der Waals surface area contributed by atoms with Crippen molar-refractivity contribution >= 4 is 52.4 Å². The van der Waals surface area contributed by atoms with Gasteiger partial charge >= 0.3 is 5.97 Å². The summed E-state index contributed by atoms with van der Waals surface area (Å²) in [5, 5.41) is 10.2. The van der Waals surface area contributed by atoms with Crippen molar-refractivity contribution in [1.82, 2.24) is 15.0 Å². The average molecular weight is 473 g/mol. The maximum absolute atomic E-state index is 12.3. The molecule has 0 aliphatic rings. The fourth-order valence-corrected chi connectivity index (χ4v) is 3.73. The van der Waals surface area contributed by atoms with Crippen LogP contribution >= 0.6 is 46.4 Å². The van der Waals surface area contributed by atoms with E-state index in [4.69, 9.17) is 51.1 Å². The van der Waals surface area contributed by atoms with Crippen LogP contribution in [-0.4, -0.2) is 27.6 Å². The van der Waals surface area contributed by atoms with Gasteiger partial charge in [0, 0.05) is 21.2 Å². The summed E-state index contributed by atoms with van der Waals surface area (Å²) in [6, 6.07) is 10.1. The van der Waals surface area contributed by atoms with Gasteiger partial charge in [0.25, 0.3) is 0 Å². The van der Waals surface area contributed by atoms with Gasteiger partial charge in [-0.2, -0.15) is 0 Å². The van der Waals surface area contributed by atoms with Crippen LogP contribution in [0.3, 0.4) is 0 Å². The molecule has 0 bridgehead atoms. The number of carbonyl (C=O) groups excluding carboxylic acids is 1. The highest BCUT2D eigenvalue weighted by molar-refractivity contribution is 6.37. The molecule has 152 valence electrons. The summed E-state index contributed by atoms with van der Waals surface area (Å²) in [6.07, 6.45) is 1.73. The Morgan fingerprint density at radius 1 is 1.00 bits per heavy atom. The average Bonchev–Trinajstić information content (AvgIpc) is 3.05. The first-order valence-corrected chi connectivity index (χ1v) is 10.4. The quantitative estimate of drug-likeness (QED) is 0.288. The maximum atomic E-state index is 12.3. The van der Waals surface area contributed by atoms with Crippen LogP contribution < -0.4 is 0 Å². The molecule has 0 spiro atoms. The number of rotatable bonds is 7. The lowest BCUT2D eigenvalue weighted by Crippen LogP contribution is -2.16. The van der Waals surface area contributed by atoms with Gasteiger partial charge < -0.3 is 4.74 Å². The molecule has 0 N–H and O–H groups in total. The molecule has 0 atom stereocenters. The molecular formula is C20H17Cl4N3O2. The molecule has 0 aliphatic heterocycles. The molecule has 2 aromatic carbocycles. The Morgan fingerprint density at radius 2 is 1.62 bits per heavy atom. The second kappa shape index (κ2) is 9.81. The van der Waals surface area contributed by atoms with E-state index < -0.39 is 5.97 Å². The lowest BCUT2D eigenvalue weighted by atomic mass is 10.0. The summed E-state index contributed by atoms with van der Waals surface area (Å²) < 4.78 is 6.70. The van der Waals surface area contributed by atoms with Crippen LogP contribution in [0.15, 0.2) is 36.4 Å². The van der Waals surface area contributed by atoms with E-state index in [2.05, 4.69) is 10.3 Å². The van der Waals surface area contributed by atoms with Crippen LogP contribution in [0.2, 0.25) is 20.1 Å². The normalized spacial score (nSPS) is 10.9. The molecule has 0 unspecified atom stereocenters. The second-order valence-corrected chi connectivity index (χ2v) is 7.95. The van der Waals surface area contributed by atoms with Crippen molar-refractivity contribution in [3.8, 4) is 22.5 Å². The molecule has 0 saturated carbocycles. The van der Waals surface area contributed by atoms with Gasteiger partial charge in [-0.25, -0.2) is 4.68 Å². The molecule has 0 saturated heterocycles. The molecule has 0 amide bonds. The van der Waals surface area contributed by atoms with Gasteiger partial charge in [0.05, 0.1) is 22.3 Å². The fourth-order valence-electron chi connectivity index (χ4n) is 2.73. The fraction of sp³-hybridized carbons (Fsp3) is 0.250. The lowest BCUT2D eigenvalue weighted by molar-refractivity contribution is -0.144. The van der Waals surface area contributed by atoms with Crippen LogP contribution in [-0.2, 0) is 16.1 Å². The van der Waals surface area contributed by atoms with Crippen LogP contribution in [0.4, 0.5) is 0 Å². The molecule has 0 aliphatic carbocycles. The van der Waals surface area contributed by atoms with Gasteiger partial charge in [0.15, 0.2) is 0 Å². The van der Waals surface area contributed by atoms with E-state index in [1.165, 1.54) is 4.68 Å². The molecule has 5 nitrogen and oxygen atoms in total. The number of esters is 1. The number of hydrogen-bond acceptors (Lipinski definition) is 4. The SMILES string of the molecule is CCCCOC(=O)Cn1nnc(-c2ccc(Cl)cc2Cl)c1-c1ccc(Cl)cc1Cl. The predicted molar refractivity (Wildman–Crippen MR) is 117 cm³/mol. The summed E-state index contributed by atoms with van der Waals surface area (Å²) in [4.78, 5) is 12.3. The number of benzene rings is 2. The van der Waals surface area contributed by atoms with Gasteiger partial charge in [-0.05, 0) is 42.8 Å². The van der Waals surface area contributed by atoms with Crippen molar-refractivity contribution in [3.05, 3.63) is 56.5 Å². The molecular weight excluding hydrogens is 456 g/mol. The molecule has 0 radical (unpaired) electrons. The minimum atomic E-state index is -0.413. The Balaban J connectivity index is 2.07. The first-order chi connectivity index (χ1) is 13.9. The Hall–Kier alpha value is -1.79. The number of nitrogens with zero attached hydrogens (tertiary/aromatic N) is 3. The third kappa shape index (κ3) is 5.23. The van der Waals surface area contributed by atoms with Crippen molar-refractivity contribution in [2.24, 2.45) is 0 Å². The van der Waals surface area contributed by atoms with Gasteiger partial charge in [-0.1, -0.05) is 65.0 Å². The molecule has 1 heterocycles. The standard InChI is InChI=1S/C20H17Cl4N3O2/c1-2-3-8-29-18(28)11-27-20(15-7-5-13(22)10-17(15)24)19(25-26-27)14-6-4-12(21)9-16(14)23/h4-7,9-10H,2-3,8,11H2,1H3. The van der Waals surface area contributed by atoms with Gasteiger partial charge in [-0.3, -0.25) is 4.79 Å². The van der Waals surface area contributed by atoms with Crippen molar-refractivity contribution < 1.29 is 9.53 Å². The highest BCUT2D eigenvalue weighted by Gasteiger charge is 2.22. The Morgan fingerprint density at radius 3 is 2.21 bits per heavy atom. The first-order valence-electron chi connectivity index (χ1n) is 8.90. The number of hydrogen-bond donors (Lipinski definition) is 0. The molecule has 3 aromatic rings. The van der Waals surface area contributed by atoms with E-state index in [1.54, 1.807) is 36.4 Å². The zero-order valence-electron chi connectivity index (χ0n) is 15.5. The van der Waals surface area contributed by atoms with E-state index >= 15 is 0 Å². The monoisotopic (exact) mass is 471 g/mol. The Kier molecular flexibility index (Phi) is 7.41. The van der Waals surface area contributed by atoms with Gasteiger partial charge in [0.2, 0.25) is 0 Å². The van der Waals surface area contributed by atoms with Crippen LogP contribution in [0.25, 0.3) is 22.5 Å². The summed E-state index contributed by atoms with van der Waals surface area (Å²) in [5.41, 5.74) is 2.23. The Bertz CT molecular complexity index is 1040. The lowest BCUT2D eigenvalue weighted by Gasteiger charge is -2.11. The number of aromatic nitrogens is 3. The largest absolute Gasteiger partial charge is 0.464 e. The summed E-state index contributed by atoms with van der Waals surface area (Å²) in [5.74, 6) is -0.413. The van der Waals surface area contributed by atoms with Crippen molar-refractivity contribution in [2.75, 3.05) is 6.61 Å². The number of unbranched alkanes of at least 4 members (excludes halogenated alkanes) is 1. The number of halogens is 4. The second-order valence-electron chi connectivity index (χ2n) is 6.27. The smallest absolute Gasteiger partial charge is 0.327 e.